The summed E-state index contributed by atoms with van der Waals surface area (Å²) in [5.74, 6) is 0. The van der Waals surface area contributed by atoms with Crippen molar-refractivity contribution in [1.29, 1.82) is 0 Å². The van der Waals surface area contributed by atoms with Crippen LogP contribution in [-0.2, 0) is 0 Å². The number of carbonyl (C=O) groups excluding carboxylic acids is 1. The molecule has 82 valence electrons. The Hall–Kier alpha value is -0.780. The molecular formula is C10H12BrNO3. The minimum atomic E-state index is -0.962. The van der Waals surface area contributed by atoms with Crippen molar-refractivity contribution < 1.29 is 15.0 Å². The molecule has 0 radical (unpaired) electrons. The largest absolute Gasteiger partial charge is 0.390 e. The Labute approximate surface area is 96.1 Å². The number of aliphatic hydroxyl groups is 2. The smallest absolute Gasteiger partial charge is 0.168 e. The first-order valence-corrected chi connectivity index (χ1v) is 5.64. The number of nitrogens with zero attached hydrogens (tertiary/aromatic N) is 1. The number of rotatable bonds is 5. The zero-order valence-corrected chi connectivity index (χ0v) is 9.59. The fourth-order valence-corrected chi connectivity index (χ4v) is 1.62. The zero-order chi connectivity index (χ0) is 11.3. The Kier molecular flexibility index (Phi) is 4.87. The number of hydrogen-bond acceptors (Lipinski definition) is 4. The molecular weight excluding hydrogens is 262 g/mol. The highest BCUT2D eigenvalue weighted by Crippen LogP contribution is 2.18. The molecule has 15 heavy (non-hydrogen) atoms. The van der Waals surface area contributed by atoms with Crippen molar-refractivity contribution >= 4 is 22.2 Å². The van der Waals surface area contributed by atoms with E-state index >= 15 is 0 Å². The number of alkyl halides is 1. The molecule has 0 amide bonds. The van der Waals surface area contributed by atoms with Gasteiger partial charge in [0.15, 0.2) is 6.29 Å². The van der Waals surface area contributed by atoms with E-state index in [1.54, 1.807) is 6.07 Å². The summed E-state index contributed by atoms with van der Waals surface area (Å²) in [6.07, 6.45) is 0.692. The number of hydrogen-bond donors (Lipinski definition) is 2. The highest BCUT2D eigenvalue weighted by Gasteiger charge is 2.17. The summed E-state index contributed by atoms with van der Waals surface area (Å²) >= 11 is 3.18. The highest BCUT2D eigenvalue weighted by atomic mass is 79.9. The molecule has 0 spiro atoms. The molecule has 0 bridgehead atoms. The third-order valence-corrected chi connectivity index (χ3v) is 2.50. The summed E-state index contributed by atoms with van der Waals surface area (Å²) in [5, 5.41) is 19.8. The fourth-order valence-electron chi connectivity index (χ4n) is 1.15. The lowest BCUT2D eigenvalue weighted by Gasteiger charge is -2.16. The molecule has 0 fully saturated rings. The average Bonchev–Trinajstić information content (AvgIpc) is 2.28. The molecule has 2 unspecified atom stereocenters. The van der Waals surface area contributed by atoms with E-state index in [1.807, 2.05) is 0 Å². The van der Waals surface area contributed by atoms with Crippen molar-refractivity contribution in [3.8, 4) is 0 Å². The van der Waals surface area contributed by atoms with Crippen molar-refractivity contribution in [2.24, 2.45) is 0 Å². The third kappa shape index (κ3) is 3.37. The van der Waals surface area contributed by atoms with Crippen LogP contribution in [0.25, 0.3) is 0 Å². The van der Waals surface area contributed by atoms with Gasteiger partial charge in [-0.05, 0) is 12.5 Å². The zero-order valence-electron chi connectivity index (χ0n) is 8.01. The first kappa shape index (κ1) is 12.3. The number of carbonyl (C=O) groups is 1. The van der Waals surface area contributed by atoms with Gasteiger partial charge in [0.25, 0.3) is 0 Å². The number of aldehydes is 1. The van der Waals surface area contributed by atoms with E-state index in [0.717, 1.165) is 0 Å². The van der Waals surface area contributed by atoms with E-state index in [9.17, 15) is 15.0 Å². The Balaban J connectivity index is 2.73. The monoisotopic (exact) mass is 273 g/mol. The number of aliphatic hydroxyl groups excluding tert-OH is 2. The predicted molar refractivity (Wildman–Crippen MR) is 59.0 cm³/mol. The molecule has 1 aromatic heterocycles. The van der Waals surface area contributed by atoms with Crippen LogP contribution in [0.1, 0.15) is 28.6 Å². The van der Waals surface area contributed by atoms with Gasteiger partial charge in [0.2, 0.25) is 0 Å². The van der Waals surface area contributed by atoms with Gasteiger partial charge in [-0.15, -0.1) is 0 Å². The van der Waals surface area contributed by atoms with Crippen molar-refractivity contribution in [3.05, 3.63) is 29.6 Å². The van der Waals surface area contributed by atoms with E-state index in [4.69, 9.17) is 0 Å². The van der Waals surface area contributed by atoms with Gasteiger partial charge in [-0.3, -0.25) is 9.78 Å². The fraction of sp³-hybridized carbons (Fsp3) is 0.400. The molecule has 1 rings (SSSR count). The van der Waals surface area contributed by atoms with Crippen LogP contribution in [-0.4, -0.2) is 32.9 Å². The molecule has 2 atom stereocenters. The summed E-state index contributed by atoms with van der Waals surface area (Å²) in [4.78, 5) is 14.2. The van der Waals surface area contributed by atoms with Crippen LogP contribution in [0.4, 0.5) is 0 Å². The molecule has 1 heterocycles. The first-order chi connectivity index (χ1) is 7.19. The Morgan fingerprint density at radius 1 is 1.47 bits per heavy atom. The van der Waals surface area contributed by atoms with E-state index in [-0.39, 0.29) is 0 Å². The second kappa shape index (κ2) is 5.95. The van der Waals surface area contributed by atoms with E-state index in [2.05, 4.69) is 20.9 Å². The van der Waals surface area contributed by atoms with Crippen molar-refractivity contribution in [2.75, 3.05) is 5.33 Å². The Morgan fingerprint density at radius 2 is 2.20 bits per heavy atom. The van der Waals surface area contributed by atoms with E-state index < -0.39 is 12.2 Å². The topological polar surface area (TPSA) is 70.4 Å². The Bertz CT molecular complexity index is 315. The lowest BCUT2D eigenvalue weighted by Crippen LogP contribution is -2.18. The van der Waals surface area contributed by atoms with Crippen LogP contribution < -0.4 is 0 Å². The number of halogens is 1. The summed E-state index contributed by atoms with van der Waals surface area (Å²) < 4.78 is 0. The van der Waals surface area contributed by atoms with Crippen molar-refractivity contribution in [1.82, 2.24) is 4.98 Å². The van der Waals surface area contributed by atoms with Gasteiger partial charge >= 0.3 is 0 Å². The van der Waals surface area contributed by atoms with Crippen molar-refractivity contribution in [3.63, 3.8) is 0 Å². The second-order valence-electron chi connectivity index (χ2n) is 3.12. The molecule has 2 N–H and O–H groups in total. The summed E-state index contributed by atoms with van der Waals surface area (Å²) in [5.41, 5.74) is 0.815. The summed E-state index contributed by atoms with van der Waals surface area (Å²) in [6, 6.07) is 3.09. The molecule has 0 aliphatic heterocycles. The maximum Gasteiger partial charge on any atom is 0.168 e. The number of pyridine rings is 1. The van der Waals surface area contributed by atoms with Crippen LogP contribution in [0.2, 0.25) is 0 Å². The molecule has 1 aromatic rings. The molecule has 4 nitrogen and oxygen atoms in total. The van der Waals surface area contributed by atoms with Gasteiger partial charge in [-0.1, -0.05) is 22.0 Å². The van der Waals surface area contributed by atoms with Crippen molar-refractivity contribution in [2.45, 2.75) is 18.6 Å². The van der Waals surface area contributed by atoms with Gasteiger partial charge < -0.3 is 10.2 Å². The maximum absolute atomic E-state index is 10.3. The normalized spacial score (nSPS) is 14.6. The predicted octanol–water partition coefficient (Wildman–Crippen LogP) is 1.07. The molecule has 0 aliphatic carbocycles. The van der Waals surface area contributed by atoms with Gasteiger partial charge in [0, 0.05) is 17.1 Å². The minimum Gasteiger partial charge on any atom is -0.390 e. The maximum atomic E-state index is 10.3. The molecule has 0 saturated carbocycles. The van der Waals surface area contributed by atoms with Crippen LogP contribution in [0.15, 0.2) is 18.3 Å². The molecule has 0 aromatic carbocycles. The van der Waals surface area contributed by atoms with Gasteiger partial charge in [0.05, 0.1) is 6.10 Å². The first-order valence-electron chi connectivity index (χ1n) is 4.52. The van der Waals surface area contributed by atoms with E-state index in [0.29, 0.717) is 29.3 Å². The van der Waals surface area contributed by atoms with E-state index in [1.165, 1.54) is 12.3 Å². The van der Waals surface area contributed by atoms with Crippen LogP contribution in [0, 0.1) is 0 Å². The molecule has 5 heteroatoms. The average molecular weight is 274 g/mol. The minimum absolute atomic E-state index is 0.306. The summed E-state index contributed by atoms with van der Waals surface area (Å²) in [7, 11) is 0. The SMILES string of the molecule is O=Cc1ccc(C(O)C(O)CCBr)cn1. The lowest BCUT2D eigenvalue weighted by atomic mass is 10.0. The third-order valence-electron chi connectivity index (χ3n) is 2.04. The van der Waals surface area contributed by atoms with Crippen LogP contribution in [0.5, 0.6) is 0 Å². The van der Waals surface area contributed by atoms with Gasteiger partial charge in [0.1, 0.15) is 11.8 Å². The van der Waals surface area contributed by atoms with Crippen LogP contribution in [0.3, 0.4) is 0 Å². The molecule has 0 saturated heterocycles. The summed E-state index contributed by atoms with van der Waals surface area (Å²) in [6.45, 7) is 0. The lowest BCUT2D eigenvalue weighted by molar-refractivity contribution is 0.0171. The highest BCUT2D eigenvalue weighted by molar-refractivity contribution is 9.09. The second-order valence-corrected chi connectivity index (χ2v) is 3.92. The molecule has 0 aliphatic rings. The van der Waals surface area contributed by atoms with Gasteiger partial charge in [-0.2, -0.15) is 0 Å². The van der Waals surface area contributed by atoms with Crippen LogP contribution >= 0.6 is 15.9 Å². The Morgan fingerprint density at radius 3 is 2.67 bits per heavy atom. The quantitative estimate of drug-likeness (QED) is 0.622. The number of aromatic nitrogens is 1. The standard InChI is InChI=1S/C10H12BrNO3/c11-4-3-9(14)10(15)7-1-2-8(6-13)12-5-7/h1-2,5-6,9-10,14-15H,3-4H2. The van der Waals surface area contributed by atoms with Gasteiger partial charge in [-0.25, -0.2) is 0 Å².